The Morgan fingerprint density at radius 3 is 1.60 bits per heavy atom. The van der Waals surface area contributed by atoms with Crippen LogP contribution in [-0.4, -0.2) is 3.21 Å². The van der Waals surface area contributed by atoms with E-state index in [1.807, 2.05) is 30.3 Å². The van der Waals surface area contributed by atoms with Crippen molar-refractivity contribution in [2.24, 2.45) is 0 Å². The Morgan fingerprint density at radius 1 is 0.640 bits per heavy atom. The van der Waals surface area contributed by atoms with Crippen molar-refractivity contribution in [3.8, 4) is 33.4 Å². The quantitative estimate of drug-likeness (QED) is 0.141. The summed E-state index contributed by atoms with van der Waals surface area (Å²) < 4.78 is 1.79. The maximum atomic E-state index is 3.88. The zero-order valence-electron chi connectivity index (χ0n) is 31.6. The van der Waals surface area contributed by atoms with Crippen LogP contribution in [0.1, 0.15) is 116 Å². The first-order valence-electron chi connectivity index (χ1n) is 18.0. The van der Waals surface area contributed by atoms with Gasteiger partial charge in [-0.15, -0.1) is 28.8 Å². The minimum absolute atomic E-state index is 0. The van der Waals surface area contributed by atoms with E-state index >= 15 is 0 Å². The molecule has 0 unspecified atom stereocenters. The van der Waals surface area contributed by atoms with E-state index in [0.717, 1.165) is 6.42 Å². The molecule has 0 heterocycles. The summed E-state index contributed by atoms with van der Waals surface area (Å²) in [6.07, 6.45) is 9.26. The molecular weight excluding hydrogens is 727 g/mol. The van der Waals surface area contributed by atoms with Gasteiger partial charge >= 0.3 is 79.8 Å². The van der Waals surface area contributed by atoms with Crippen LogP contribution in [0.5, 0.6) is 0 Å². The van der Waals surface area contributed by atoms with Crippen LogP contribution >= 0.6 is 0 Å². The number of hydrogen-bond acceptors (Lipinski definition) is 0. The van der Waals surface area contributed by atoms with Gasteiger partial charge < -0.3 is 24.8 Å². The fourth-order valence-corrected chi connectivity index (χ4v) is 7.20. The minimum Gasteiger partial charge on any atom is -1.00 e. The SMILES string of the molecule is CC(C)(C)c1cc2c([c-]c1-c1ccccc1)Cc1cc(-c3ccccc3)c(C(C)(C)C)cc1-2.CCCC[C](=[Zr+2])CCCC.[Cl-].[Cl-].c1cc[cH-]c1. The second-order valence-electron chi connectivity index (χ2n) is 15.2. The van der Waals surface area contributed by atoms with Gasteiger partial charge in [0.05, 0.1) is 0 Å². The molecule has 3 heteroatoms. The molecule has 0 amide bonds. The van der Waals surface area contributed by atoms with Crippen molar-refractivity contribution in [1.82, 2.24) is 0 Å². The fourth-order valence-electron chi connectivity index (χ4n) is 6.33. The van der Waals surface area contributed by atoms with Crippen molar-refractivity contribution in [3.05, 3.63) is 138 Å². The van der Waals surface area contributed by atoms with E-state index in [2.05, 4.69) is 140 Å². The number of rotatable bonds is 8. The van der Waals surface area contributed by atoms with E-state index in [1.54, 1.807) is 27.4 Å². The molecule has 50 heavy (non-hydrogen) atoms. The molecule has 0 saturated carbocycles. The molecule has 0 spiro atoms. The van der Waals surface area contributed by atoms with E-state index in [1.165, 1.54) is 94.2 Å². The smallest absolute Gasteiger partial charge is 0.172 e. The largest absolute Gasteiger partial charge is 1.00 e. The van der Waals surface area contributed by atoms with Crippen molar-refractivity contribution < 1.29 is 49.0 Å². The van der Waals surface area contributed by atoms with Gasteiger partial charge in [-0.1, -0.05) is 131 Å². The predicted molar refractivity (Wildman–Crippen MR) is 208 cm³/mol. The zero-order chi connectivity index (χ0) is 34.7. The molecule has 1 aliphatic rings. The molecule has 0 N–H and O–H groups in total. The van der Waals surface area contributed by atoms with Gasteiger partial charge in [-0.2, -0.15) is 18.2 Å². The van der Waals surface area contributed by atoms with Gasteiger partial charge in [0.15, 0.2) is 0 Å². The molecule has 0 aromatic heterocycles. The van der Waals surface area contributed by atoms with Crippen molar-refractivity contribution in [1.29, 1.82) is 0 Å². The van der Waals surface area contributed by atoms with Crippen molar-refractivity contribution >= 4 is 3.21 Å². The number of unbranched alkanes of at least 4 members (excludes halogenated alkanes) is 2. The maximum absolute atomic E-state index is 3.88. The van der Waals surface area contributed by atoms with Gasteiger partial charge in [-0.3, -0.25) is 0 Å². The molecule has 0 aliphatic heterocycles. The van der Waals surface area contributed by atoms with Crippen LogP contribution in [0.4, 0.5) is 0 Å². The second-order valence-corrected chi connectivity index (χ2v) is 16.9. The molecule has 5 aromatic rings. The Morgan fingerprint density at radius 2 is 1.14 bits per heavy atom. The summed E-state index contributed by atoms with van der Waals surface area (Å²) in [4.78, 5) is 0. The molecule has 0 bridgehead atoms. The summed E-state index contributed by atoms with van der Waals surface area (Å²) in [6, 6.07) is 42.8. The van der Waals surface area contributed by atoms with Crippen molar-refractivity contribution in [2.75, 3.05) is 0 Å². The van der Waals surface area contributed by atoms with Gasteiger partial charge in [0.2, 0.25) is 0 Å². The number of benzene rings is 4. The van der Waals surface area contributed by atoms with Crippen LogP contribution in [0.2, 0.25) is 0 Å². The predicted octanol–water partition coefficient (Wildman–Crippen LogP) is 7.49. The molecule has 0 atom stereocenters. The average Bonchev–Trinajstić information content (AvgIpc) is 3.77. The Kier molecular flexibility index (Phi) is 18.0. The molecule has 0 radical (unpaired) electrons. The Bertz CT molecular complexity index is 1590. The average molecular weight is 783 g/mol. The molecule has 0 nitrogen and oxygen atoms in total. The molecule has 6 rings (SSSR count). The summed E-state index contributed by atoms with van der Waals surface area (Å²) in [5.74, 6) is 0. The van der Waals surface area contributed by atoms with Crippen LogP contribution in [0, 0.1) is 6.07 Å². The van der Waals surface area contributed by atoms with E-state index in [9.17, 15) is 0 Å². The summed E-state index contributed by atoms with van der Waals surface area (Å²) >= 11 is 1.67. The minimum atomic E-state index is 0. The van der Waals surface area contributed by atoms with E-state index in [4.69, 9.17) is 0 Å². The van der Waals surface area contributed by atoms with Crippen LogP contribution in [0.15, 0.2) is 109 Å². The first-order chi connectivity index (χ1) is 22.9. The summed E-state index contributed by atoms with van der Waals surface area (Å²) in [5.41, 5.74) is 13.5. The Labute approximate surface area is 332 Å². The third-order valence-electron chi connectivity index (χ3n) is 9.04. The summed E-state index contributed by atoms with van der Waals surface area (Å²) in [7, 11) is 0. The number of fused-ring (bicyclic) bond motifs is 3. The second kappa shape index (κ2) is 20.6. The third kappa shape index (κ3) is 12.1. The fraction of sp³-hybridized carbons (Fsp3) is 0.362. The van der Waals surface area contributed by atoms with E-state index in [0.29, 0.717) is 0 Å². The van der Waals surface area contributed by atoms with Gasteiger partial charge in [0.1, 0.15) is 0 Å². The number of hydrogen-bond donors (Lipinski definition) is 0. The van der Waals surface area contributed by atoms with Crippen LogP contribution < -0.4 is 24.8 Å². The van der Waals surface area contributed by atoms with Gasteiger partial charge in [-0.05, 0) is 39.5 Å². The van der Waals surface area contributed by atoms with Crippen molar-refractivity contribution in [2.45, 2.75) is 111 Å². The van der Waals surface area contributed by atoms with Crippen LogP contribution in [0.3, 0.4) is 0 Å². The van der Waals surface area contributed by atoms with Gasteiger partial charge in [0.25, 0.3) is 0 Å². The first kappa shape index (κ1) is 43.7. The molecule has 5 aromatic carbocycles. The third-order valence-corrected chi connectivity index (χ3v) is 10.3. The van der Waals surface area contributed by atoms with Crippen molar-refractivity contribution in [3.63, 3.8) is 0 Å². The maximum Gasteiger partial charge on any atom is -0.172 e. The van der Waals surface area contributed by atoms with Gasteiger partial charge in [-0.25, -0.2) is 12.1 Å². The number of halogens is 2. The molecule has 0 fully saturated rings. The van der Waals surface area contributed by atoms with E-state index < -0.39 is 0 Å². The molecule has 264 valence electrons. The summed E-state index contributed by atoms with van der Waals surface area (Å²) in [5, 5.41) is 0. The van der Waals surface area contributed by atoms with Crippen LogP contribution in [-0.2, 0) is 41.5 Å². The molecular formula is C47H56Cl2Zr-2. The topological polar surface area (TPSA) is 0 Å². The first-order valence-corrected chi connectivity index (χ1v) is 19.3. The van der Waals surface area contributed by atoms with E-state index in [-0.39, 0.29) is 35.6 Å². The normalized spacial score (nSPS) is 11.4. The molecule has 1 aliphatic carbocycles. The van der Waals surface area contributed by atoms with Crippen LogP contribution in [0.25, 0.3) is 33.4 Å². The Hall–Kier alpha value is -2.44. The standard InChI is InChI=1S/C33H33.C9H18.C5H5.2ClH.Zr/c1-32(2,3)30-20-26-24(18-28(30)22-13-9-7-10-14-22)17-25-19-29(23-15-11-8-12-16-23)31(21-27(25)26)33(4,5)6;1-3-5-7-9-8-6-4-2;1-2-4-5-3-1;;;/h7-16,18,20-21H,17H2,1-6H3;3-8H2,1-2H3;1-5H;2*1H;/q-1;;-1;;;+2/p-2. The summed E-state index contributed by atoms with van der Waals surface area (Å²) in [6.45, 7) is 18.4. The molecule has 0 saturated heterocycles. The zero-order valence-corrected chi connectivity index (χ0v) is 35.6. The Balaban J connectivity index is 0.000000427. The monoisotopic (exact) mass is 780 g/mol. The van der Waals surface area contributed by atoms with Gasteiger partial charge in [0, 0.05) is 0 Å².